The number of amides is 3. The molecule has 112 valence electrons. The van der Waals surface area contributed by atoms with E-state index in [-0.39, 0.29) is 35.0 Å². The monoisotopic (exact) mass is 300 g/mol. The van der Waals surface area contributed by atoms with Crippen molar-refractivity contribution in [2.75, 3.05) is 25.4 Å². The molecule has 0 aromatic rings. The van der Waals surface area contributed by atoms with Gasteiger partial charge in [0.05, 0.1) is 18.4 Å². The second kappa shape index (κ2) is 6.47. The molecule has 2 heterocycles. The molecule has 7 heteroatoms. The zero-order valence-corrected chi connectivity index (χ0v) is 12.6. The van der Waals surface area contributed by atoms with Crippen LogP contribution in [-0.2, 0) is 9.53 Å². The second-order valence-electron chi connectivity index (χ2n) is 5.53. The van der Waals surface area contributed by atoms with Crippen LogP contribution in [0.1, 0.15) is 26.7 Å². The average Bonchev–Trinajstić information content (AvgIpc) is 2.75. The maximum absolute atomic E-state index is 11.9. The summed E-state index contributed by atoms with van der Waals surface area (Å²) in [5, 5.41) is -0.197. The van der Waals surface area contributed by atoms with E-state index in [1.54, 1.807) is 4.90 Å². The van der Waals surface area contributed by atoms with Gasteiger partial charge in [-0.3, -0.25) is 14.5 Å². The van der Waals surface area contributed by atoms with E-state index >= 15 is 0 Å². The highest BCUT2D eigenvalue weighted by Gasteiger charge is 2.38. The quantitative estimate of drug-likeness (QED) is 0.797. The van der Waals surface area contributed by atoms with Gasteiger partial charge < -0.3 is 9.64 Å². The predicted octanol–water partition coefficient (Wildman–Crippen LogP) is 1.94. The Morgan fingerprint density at radius 2 is 2.20 bits per heavy atom. The number of nitrogens with zero attached hydrogens (tertiary/aromatic N) is 2. The number of likely N-dealkylation sites (tertiary alicyclic amines) is 1. The first kappa shape index (κ1) is 15.2. The minimum absolute atomic E-state index is 0.151. The molecule has 20 heavy (non-hydrogen) atoms. The summed E-state index contributed by atoms with van der Waals surface area (Å²) in [6, 6.07) is -0.203. The minimum atomic E-state index is -0.352. The molecule has 1 atom stereocenters. The van der Waals surface area contributed by atoms with Crippen LogP contribution in [0.15, 0.2) is 0 Å². The van der Waals surface area contributed by atoms with Crippen molar-refractivity contribution in [1.82, 2.24) is 9.80 Å². The summed E-state index contributed by atoms with van der Waals surface area (Å²) in [5.41, 5.74) is 0. The largest absolute Gasteiger partial charge is 0.449 e. The highest BCUT2D eigenvalue weighted by atomic mass is 32.2. The third-order valence-electron chi connectivity index (χ3n) is 3.34. The van der Waals surface area contributed by atoms with Gasteiger partial charge in [0.2, 0.25) is 5.91 Å². The normalized spacial score (nSPS) is 23.6. The maximum Gasteiger partial charge on any atom is 0.409 e. The Morgan fingerprint density at radius 1 is 1.45 bits per heavy atom. The van der Waals surface area contributed by atoms with Gasteiger partial charge in [-0.1, -0.05) is 25.6 Å². The van der Waals surface area contributed by atoms with E-state index in [0.29, 0.717) is 19.7 Å². The Hall–Kier alpha value is -1.24. The summed E-state index contributed by atoms with van der Waals surface area (Å²) in [5.74, 6) is 0.354. The van der Waals surface area contributed by atoms with Crippen LogP contribution >= 0.6 is 11.8 Å². The number of ether oxygens (including phenoxy) is 1. The number of carbonyl (C=O) groups is 3. The SMILES string of the molecule is CC(C)COC(=O)N1CCCC(N2C(=O)CSC2=O)C1. The predicted molar refractivity (Wildman–Crippen MR) is 75.5 cm³/mol. The lowest BCUT2D eigenvalue weighted by Crippen LogP contribution is -2.51. The molecule has 0 aliphatic carbocycles. The topological polar surface area (TPSA) is 66.9 Å². The van der Waals surface area contributed by atoms with E-state index < -0.39 is 0 Å². The molecular formula is C13H20N2O4S. The first-order valence-corrected chi connectivity index (χ1v) is 7.88. The van der Waals surface area contributed by atoms with Crippen LogP contribution in [-0.4, -0.2) is 58.5 Å². The van der Waals surface area contributed by atoms with Crippen molar-refractivity contribution >= 4 is 29.0 Å². The smallest absolute Gasteiger partial charge is 0.409 e. The average molecular weight is 300 g/mol. The molecule has 0 aromatic carbocycles. The van der Waals surface area contributed by atoms with Crippen LogP contribution in [0.5, 0.6) is 0 Å². The van der Waals surface area contributed by atoms with Gasteiger partial charge >= 0.3 is 6.09 Å². The van der Waals surface area contributed by atoms with Gasteiger partial charge in [-0.2, -0.15) is 0 Å². The Morgan fingerprint density at radius 3 is 2.80 bits per heavy atom. The number of imide groups is 1. The minimum Gasteiger partial charge on any atom is -0.449 e. The lowest BCUT2D eigenvalue weighted by Gasteiger charge is -2.35. The van der Waals surface area contributed by atoms with Crippen LogP contribution in [0.2, 0.25) is 0 Å². The number of hydrogen-bond acceptors (Lipinski definition) is 5. The summed E-state index contributed by atoms with van der Waals surface area (Å²) >= 11 is 1.03. The first-order chi connectivity index (χ1) is 9.49. The molecule has 2 aliphatic heterocycles. The van der Waals surface area contributed by atoms with Gasteiger partial charge in [0.15, 0.2) is 0 Å². The van der Waals surface area contributed by atoms with Crippen molar-refractivity contribution in [3.05, 3.63) is 0 Å². The van der Waals surface area contributed by atoms with Crippen molar-refractivity contribution in [2.24, 2.45) is 5.92 Å². The number of rotatable bonds is 3. The van der Waals surface area contributed by atoms with Crippen molar-refractivity contribution in [2.45, 2.75) is 32.7 Å². The fourth-order valence-electron chi connectivity index (χ4n) is 2.38. The number of thioether (sulfide) groups is 1. The van der Waals surface area contributed by atoms with E-state index in [1.807, 2.05) is 13.8 Å². The Kier molecular flexibility index (Phi) is 4.91. The van der Waals surface area contributed by atoms with Gasteiger partial charge in [0.1, 0.15) is 0 Å². The number of hydrogen-bond donors (Lipinski definition) is 0. The molecule has 0 bridgehead atoms. The molecule has 2 saturated heterocycles. The van der Waals surface area contributed by atoms with Crippen LogP contribution < -0.4 is 0 Å². The van der Waals surface area contributed by atoms with Gasteiger partial charge in [-0.25, -0.2) is 4.79 Å². The molecule has 0 N–H and O–H groups in total. The Balaban J connectivity index is 1.93. The molecule has 2 fully saturated rings. The highest BCUT2D eigenvalue weighted by molar-refractivity contribution is 8.14. The molecule has 0 aromatic heterocycles. The lowest BCUT2D eigenvalue weighted by molar-refractivity contribution is -0.127. The Bertz CT molecular complexity index is 397. The summed E-state index contributed by atoms with van der Waals surface area (Å²) in [6.07, 6.45) is 1.19. The Labute approximate surface area is 122 Å². The molecule has 0 radical (unpaired) electrons. The number of carbonyl (C=O) groups excluding carboxylic acids is 3. The van der Waals surface area contributed by atoms with Crippen molar-refractivity contribution in [1.29, 1.82) is 0 Å². The maximum atomic E-state index is 11.9. The molecule has 3 amide bonds. The van der Waals surface area contributed by atoms with Gasteiger partial charge in [-0.15, -0.1) is 0 Å². The van der Waals surface area contributed by atoms with Crippen molar-refractivity contribution in [3.63, 3.8) is 0 Å². The van der Waals surface area contributed by atoms with Gasteiger partial charge in [0.25, 0.3) is 5.24 Å². The first-order valence-electron chi connectivity index (χ1n) is 6.89. The van der Waals surface area contributed by atoms with Crippen LogP contribution in [0.4, 0.5) is 9.59 Å². The summed E-state index contributed by atoms with van der Waals surface area (Å²) in [7, 11) is 0. The number of piperidine rings is 1. The van der Waals surface area contributed by atoms with E-state index in [9.17, 15) is 14.4 Å². The summed E-state index contributed by atoms with van der Waals surface area (Å²) in [6.45, 7) is 5.35. The molecule has 2 rings (SSSR count). The fraction of sp³-hybridized carbons (Fsp3) is 0.769. The molecular weight excluding hydrogens is 280 g/mol. The van der Waals surface area contributed by atoms with Crippen LogP contribution in [0, 0.1) is 5.92 Å². The van der Waals surface area contributed by atoms with Crippen molar-refractivity contribution in [3.8, 4) is 0 Å². The highest BCUT2D eigenvalue weighted by Crippen LogP contribution is 2.26. The zero-order chi connectivity index (χ0) is 14.7. The summed E-state index contributed by atoms with van der Waals surface area (Å²) < 4.78 is 5.20. The van der Waals surface area contributed by atoms with Gasteiger partial charge in [-0.05, 0) is 18.8 Å². The zero-order valence-electron chi connectivity index (χ0n) is 11.8. The molecule has 1 unspecified atom stereocenters. The second-order valence-corrected chi connectivity index (χ2v) is 6.46. The lowest BCUT2D eigenvalue weighted by atomic mass is 10.0. The third-order valence-corrected chi connectivity index (χ3v) is 4.18. The van der Waals surface area contributed by atoms with E-state index in [2.05, 4.69) is 0 Å². The van der Waals surface area contributed by atoms with Crippen LogP contribution in [0.3, 0.4) is 0 Å². The third kappa shape index (κ3) is 3.45. The molecule has 0 saturated carbocycles. The van der Waals surface area contributed by atoms with Crippen molar-refractivity contribution < 1.29 is 19.1 Å². The standard InChI is InChI=1S/C13H20N2O4S/c1-9(2)7-19-12(17)14-5-3-4-10(6-14)15-11(16)8-20-13(15)18/h9-10H,3-8H2,1-2H3. The molecule has 2 aliphatic rings. The van der Waals surface area contributed by atoms with E-state index in [0.717, 1.165) is 24.6 Å². The fourth-order valence-corrected chi connectivity index (χ4v) is 3.15. The van der Waals surface area contributed by atoms with Gasteiger partial charge in [0, 0.05) is 13.1 Å². The van der Waals surface area contributed by atoms with E-state index in [4.69, 9.17) is 4.74 Å². The van der Waals surface area contributed by atoms with E-state index in [1.165, 1.54) is 4.90 Å². The molecule has 0 spiro atoms. The summed E-state index contributed by atoms with van der Waals surface area (Å²) in [4.78, 5) is 38.3. The van der Waals surface area contributed by atoms with Crippen LogP contribution in [0.25, 0.3) is 0 Å². The molecule has 6 nitrogen and oxygen atoms in total.